The molecule has 0 bridgehead atoms. The van der Waals surface area contributed by atoms with Gasteiger partial charge in [0.2, 0.25) is 0 Å². The smallest absolute Gasteiger partial charge is 0.180 e. The zero-order chi connectivity index (χ0) is 10.1. The summed E-state index contributed by atoms with van der Waals surface area (Å²) >= 11 is 0. The van der Waals surface area contributed by atoms with Gasteiger partial charge in [-0.15, -0.1) is 0 Å². The summed E-state index contributed by atoms with van der Waals surface area (Å²) in [5.74, 6) is 0.376. The van der Waals surface area contributed by atoms with E-state index in [1.54, 1.807) is 6.26 Å². The van der Waals surface area contributed by atoms with Gasteiger partial charge < -0.3 is 9.73 Å². The van der Waals surface area contributed by atoms with Crippen molar-refractivity contribution in [3.05, 3.63) is 48.2 Å². The minimum Gasteiger partial charge on any atom is -0.451 e. The Labute approximate surface area is 88.1 Å². The first kappa shape index (κ1) is 8.53. The van der Waals surface area contributed by atoms with Gasteiger partial charge in [-0.3, -0.25) is 0 Å². The SMILES string of the molecule is c1ccc2c(c1)NCCC2c1cocn1. The van der Waals surface area contributed by atoms with Gasteiger partial charge in [-0.25, -0.2) is 4.98 Å². The molecule has 0 fully saturated rings. The molecule has 1 unspecified atom stereocenters. The molecule has 1 atom stereocenters. The van der Waals surface area contributed by atoms with Crippen LogP contribution in [0.25, 0.3) is 0 Å². The van der Waals surface area contributed by atoms with E-state index in [0.717, 1.165) is 18.7 Å². The Morgan fingerprint density at radius 3 is 3.13 bits per heavy atom. The molecular weight excluding hydrogens is 188 g/mol. The molecule has 76 valence electrons. The highest BCUT2D eigenvalue weighted by molar-refractivity contribution is 5.56. The number of anilines is 1. The Bertz CT molecular complexity index is 450. The molecule has 0 saturated heterocycles. The number of fused-ring (bicyclic) bond motifs is 1. The number of hydrogen-bond acceptors (Lipinski definition) is 3. The van der Waals surface area contributed by atoms with Crippen molar-refractivity contribution in [1.29, 1.82) is 0 Å². The number of benzene rings is 1. The van der Waals surface area contributed by atoms with E-state index >= 15 is 0 Å². The van der Waals surface area contributed by atoms with Crippen molar-refractivity contribution in [2.45, 2.75) is 12.3 Å². The highest BCUT2D eigenvalue weighted by Crippen LogP contribution is 2.35. The van der Waals surface area contributed by atoms with E-state index in [9.17, 15) is 0 Å². The number of nitrogens with zero attached hydrogens (tertiary/aromatic N) is 1. The Morgan fingerprint density at radius 1 is 1.33 bits per heavy atom. The standard InChI is InChI=1S/C12H12N2O/c1-2-4-11-9(3-1)10(5-6-13-11)12-7-15-8-14-12/h1-4,7-8,10,13H,5-6H2. The van der Waals surface area contributed by atoms with Crippen LogP contribution in [0.1, 0.15) is 23.6 Å². The Balaban J connectivity index is 2.06. The summed E-state index contributed by atoms with van der Waals surface area (Å²) in [6.45, 7) is 0.995. The molecule has 1 aromatic carbocycles. The maximum Gasteiger partial charge on any atom is 0.180 e. The number of rotatable bonds is 1. The van der Waals surface area contributed by atoms with Crippen LogP contribution in [0.15, 0.2) is 41.3 Å². The summed E-state index contributed by atoms with van der Waals surface area (Å²) in [5, 5.41) is 3.40. The van der Waals surface area contributed by atoms with E-state index < -0.39 is 0 Å². The maximum absolute atomic E-state index is 5.05. The van der Waals surface area contributed by atoms with Crippen LogP contribution in [0, 0.1) is 0 Å². The van der Waals surface area contributed by atoms with Crippen molar-refractivity contribution in [1.82, 2.24) is 4.98 Å². The van der Waals surface area contributed by atoms with E-state index in [0.29, 0.717) is 5.92 Å². The second-order valence-electron chi connectivity index (χ2n) is 3.77. The highest BCUT2D eigenvalue weighted by atomic mass is 16.3. The fourth-order valence-electron chi connectivity index (χ4n) is 2.17. The van der Waals surface area contributed by atoms with E-state index in [-0.39, 0.29) is 0 Å². The van der Waals surface area contributed by atoms with E-state index in [1.165, 1.54) is 17.6 Å². The molecular formula is C12H12N2O. The number of hydrogen-bond donors (Lipinski definition) is 1. The third-order valence-corrected chi connectivity index (χ3v) is 2.89. The normalized spacial score (nSPS) is 19.3. The van der Waals surface area contributed by atoms with Crippen LogP contribution >= 0.6 is 0 Å². The molecule has 0 aliphatic carbocycles. The maximum atomic E-state index is 5.05. The van der Waals surface area contributed by atoms with Crippen LogP contribution in [0.3, 0.4) is 0 Å². The molecule has 3 nitrogen and oxygen atoms in total. The van der Waals surface area contributed by atoms with Crippen LogP contribution in [-0.4, -0.2) is 11.5 Å². The first-order chi connectivity index (χ1) is 7.45. The van der Waals surface area contributed by atoms with Crippen molar-refractivity contribution >= 4 is 5.69 Å². The fraction of sp³-hybridized carbons (Fsp3) is 0.250. The lowest BCUT2D eigenvalue weighted by Crippen LogP contribution is -2.17. The summed E-state index contributed by atoms with van der Waals surface area (Å²) in [6.07, 6.45) is 4.32. The van der Waals surface area contributed by atoms with Crippen molar-refractivity contribution in [3.8, 4) is 0 Å². The first-order valence-electron chi connectivity index (χ1n) is 5.16. The lowest BCUT2D eigenvalue weighted by atomic mass is 9.89. The predicted molar refractivity (Wildman–Crippen MR) is 57.9 cm³/mol. The molecule has 1 aliphatic rings. The molecule has 0 spiro atoms. The van der Waals surface area contributed by atoms with Gasteiger partial charge in [-0.05, 0) is 18.1 Å². The molecule has 15 heavy (non-hydrogen) atoms. The van der Waals surface area contributed by atoms with Crippen LogP contribution in [-0.2, 0) is 0 Å². The molecule has 2 heterocycles. The Kier molecular flexibility index (Phi) is 1.95. The summed E-state index contributed by atoms with van der Waals surface area (Å²) in [4.78, 5) is 4.24. The van der Waals surface area contributed by atoms with Gasteiger partial charge in [-0.1, -0.05) is 18.2 Å². The van der Waals surface area contributed by atoms with E-state index in [2.05, 4.69) is 34.6 Å². The summed E-state index contributed by atoms with van der Waals surface area (Å²) < 4.78 is 5.05. The van der Waals surface area contributed by atoms with Gasteiger partial charge in [0.15, 0.2) is 6.39 Å². The first-order valence-corrected chi connectivity index (χ1v) is 5.16. The molecule has 0 radical (unpaired) electrons. The molecule has 1 aliphatic heterocycles. The lowest BCUT2D eigenvalue weighted by molar-refractivity contribution is 0.554. The van der Waals surface area contributed by atoms with Crippen LogP contribution in [0.2, 0.25) is 0 Å². The average Bonchev–Trinajstić information content (AvgIpc) is 2.82. The van der Waals surface area contributed by atoms with Gasteiger partial charge in [0.05, 0.1) is 5.69 Å². The number of aromatic nitrogens is 1. The van der Waals surface area contributed by atoms with Gasteiger partial charge in [0.1, 0.15) is 6.26 Å². The zero-order valence-electron chi connectivity index (χ0n) is 8.31. The number of oxazole rings is 1. The third-order valence-electron chi connectivity index (χ3n) is 2.89. The highest BCUT2D eigenvalue weighted by Gasteiger charge is 2.22. The van der Waals surface area contributed by atoms with E-state index in [1.807, 2.05) is 0 Å². The monoisotopic (exact) mass is 200 g/mol. The van der Waals surface area contributed by atoms with Crippen LogP contribution in [0.4, 0.5) is 5.69 Å². The minimum absolute atomic E-state index is 0.376. The van der Waals surface area contributed by atoms with Gasteiger partial charge in [-0.2, -0.15) is 0 Å². The van der Waals surface area contributed by atoms with Crippen LogP contribution < -0.4 is 5.32 Å². The second-order valence-corrected chi connectivity index (χ2v) is 3.77. The molecule has 0 saturated carbocycles. The molecule has 1 aromatic heterocycles. The van der Waals surface area contributed by atoms with Gasteiger partial charge in [0, 0.05) is 18.2 Å². The van der Waals surface area contributed by atoms with Gasteiger partial charge in [0.25, 0.3) is 0 Å². The van der Waals surface area contributed by atoms with Crippen LogP contribution in [0.5, 0.6) is 0 Å². The lowest BCUT2D eigenvalue weighted by Gasteiger charge is -2.24. The van der Waals surface area contributed by atoms with Crippen molar-refractivity contribution in [2.24, 2.45) is 0 Å². The largest absolute Gasteiger partial charge is 0.451 e. The average molecular weight is 200 g/mol. The topological polar surface area (TPSA) is 38.1 Å². The Hall–Kier alpha value is -1.77. The fourth-order valence-corrected chi connectivity index (χ4v) is 2.17. The number of para-hydroxylation sites is 1. The van der Waals surface area contributed by atoms with Crippen molar-refractivity contribution in [3.63, 3.8) is 0 Å². The predicted octanol–water partition coefficient (Wildman–Crippen LogP) is 2.62. The third kappa shape index (κ3) is 1.40. The van der Waals surface area contributed by atoms with Gasteiger partial charge >= 0.3 is 0 Å². The molecule has 2 aromatic rings. The summed E-state index contributed by atoms with van der Waals surface area (Å²) in [6, 6.07) is 8.39. The quantitative estimate of drug-likeness (QED) is 0.769. The molecule has 0 amide bonds. The number of nitrogens with one attached hydrogen (secondary N) is 1. The van der Waals surface area contributed by atoms with Crippen molar-refractivity contribution < 1.29 is 4.42 Å². The van der Waals surface area contributed by atoms with E-state index in [4.69, 9.17) is 4.42 Å². The van der Waals surface area contributed by atoms with Crippen molar-refractivity contribution in [2.75, 3.05) is 11.9 Å². The molecule has 3 heteroatoms. The Morgan fingerprint density at radius 2 is 2.27 bits per heavy atom. The second kappa shape index (κ2) is 3.42. The molecule has 1 N–H and O–H groups in total. The molecule has 3 rings (SSSR count). The summed E-state index contributed by atoms with van der Waals surface area (Å²) in [5.41, 5.74) is 3.57. The minimum atomic E-state index is 0.376. The zero-order valence-corrected chi connectivity index (χ0v) is 8.31. The summed E-state index contributed by atoms with van der Waals surface area (Å²) in [7, 11) is 0.